The molecule has 2 aliphatic rings. The lowest BCUT2D eigenvalue weighted by Crippen LogP contribution is -2.59. The molecule has 1 saturated heterocycles. The predicted molar refractivity (Wildman–Crippen MR) is 123 cm³/mol. The van der Waals surface area contributed by atoms with Gasteiger partial charge < -0.3 is 10.2 Å². The van der Waals surface area contributed by atoms with Crippen LogP contribution in [0.4, 0.5) is 17.2 Å². The van der Waals surface area contributed by atoms with Crippen LogP contribution in [0.1, 0.15) is 37.0 Å². The van der Waals surface area contributed by atoms with E-state index >= 15 is 0 Å². The summed E-state index contributed by atoms with van der Waals surface area (Å²) in [6, 6.07) is 10.3. The van der Waals surface area contributed by atoms with Gasteiger partial charge in [0, 0.05) is 18.7 Å². The lowest BCUT2D eigenvalue weighted by Gasteiger charge is -2.38. The van der Waals surface area contributed by atoms with E-state index in [1.54, 1.807) is 30.5 Å². The van der Waals surface area contributed by atoms with Crippen molar-refractivity contribution >= 4 is 34.9 Å². The van der Waals surface area contributed by atoms with Gasteiger partial charge in [-0.25, -0.2) is 9.99 Å². The molecule has 2 heterocycles. The summed E-state index contributed by atoms with van der Waals surface area (Å²) in [7, 11) is 0. The number of benzene rings is 1. The molecule has 2 atom stereocenters. The molecule has 1 fully saturated rings. The van der Waals surface area contributed by atoms with E-state index in [-0.39, 0.29) is 29.6 Å². The maximum absolute atomic E-state index is 13.0. The van der Waals surface area contributed by atoms with Crippen LogP contribution in [0.3, 0.4) is 0 Å². The van der Waals surface area contributed by atoms with Crippen molar-refractivity contribution in [2.24, 2.45) is 11.8 Å². The van der Waals surface area contributed by atoms with Crippen LogP contribution in [0.5, 0.6) is 0 Å². The molecule has 0 saturated carbocycles. The quantitative estimate of drug-likeness (QED) is 0.683. The van der Waals surface area contributed by atoms with Crippen LogP contribution < -0.4 is 20.7 Å². The topological polar surface area (TPSA) is 94.6 Å². The smallest absolute Gasteiger partial charge is 0.255 e. The number of carbonyl (C=O) groups excluding carboxylic acids is 3. The minimum Gasteiger partial charge on any atom is -0.357 e. The number of fused-ring (bicyclic) bond motifs is 1. The van der Waals surface area contributed by atoms with Gasteiger partial charge in [0.1, 0.15) is 5.82 Å². The van der Waals surface area contributed by atoms with Crippen LogP contribution in [0.15, 0.2) is 54.7 Å². The first kappa shape index (κ1) is 21.5. The molecule has 0 spiro atoms. The third kappa shape index (κ3) is 4.21. The van der Waals surface area contributed by atoms with Crippen molar-refractivity contribution in [3.8, 4) is 0 Å². The van der Waals surface area contributed by atoms with Gasteiger partial charge in [-0.3, -0.25) is 19.8 Å². The average molecular weight is 434 g/mol. The molecule has 32 heavy (non-hydrogen) atoms. The SMILES string of the molecule is CCN(CC)c1ccc(NC(=O)c2cccc(N3NC(=O)C4CC=CCC4C3=O)c2)cn1. The maximum Gasteiger partial charge on any atom is 0.255 e. The Hall–Kier alpha value is -3.68. The fourth-order valence-electron chi connectivity index (χ4n) is 4.17. The normalized spacial score (nSPS) is 19.9. The van der Waals surface area contributed by atoms with Gasteiger partial charge in [-0.1, -0.05) is 18.2 Å². The molecule has 4 rings (SSSR count). The van der Waals surface area contributed by atoms with Crippen molar-refractivity contribution in [3.63, 3.8) is 0 Å². The second-order valence-electron chi connectivity index (χ2n) is 7.89. The van der Waals surface area contributed by atoms with E-state index < -0.39 is 0 Å². The first-order valence-electron chi connectivity index (χ1n) is 10.9. The molecule has 166 valence electrons. The van der Waals surface area contributed by atoms with Crippen LogP contribution in [-0.4, -0.2) is 35.8 Å². The van der Waals surface area contributed by atoms with Crippen LogP contribution in [0.25, 0.3) is 0 Å². The molecule has 1 aromatic carbocycles. The van der Waals surface area contributed by atoms with Crippen LogP contribution in [0, 0.1) is 11.8 Å². The molecule has 1 aromatic heterocycles. The summed E-state index contributed by atoms with van der Waals surface area (Å²) in [6.45, 7) is 5.83. The number of nitrogens with one attached hydrogen (secondary N) is 2. The van der Waals surface area contributed by atoms with E-state index in [4.69, 9.17) is 0 Å². The van der Waals surface area contributed by atoms with Crippen molar-refractivity contribution in [1.29, 1.82) is 0 Å². The zero-order valence-electron chi connectivity index (χ0n) is 18.2. The monoisotopic (exact) mass is 433 g/mol. The summed E-state index contributed by atoms with van der Waals surface area (Å²) in [5.74, 6) is -0.506. The zero-order chi connectivity index (χ0) is 22.7. The summed E-state index contributed by atoms with van der Waals surface area (Å²) < 4.78 is 0. The van der Waals surface area contributed by atoms with Crippen LogP contribution in [-0.2, 0) is 9.59 Å². The summed E-state index contributed by atoms with van der Waals surface area (Å²) in [6.07, 6.45) is 6.63. The molecule has 8 nitrogen and oxygen atoms in total. The number of rotatable bonds is 6. The highest BCUT2D eigenvalue weighted by atomic mass is 16.2. The van der Waals surface area contributed by atoms with Gasteiger partial charge in [-0.15, -0.1) is 0 Å². The van der Waals surface area contributed by atoms with Crippen molar-refractivity contribution in [2.45, 2.75) is 26.7 Å². The van der Waals surface area contributed by atoms with E-state index in [0.717, 1.165) is 18.9 Å². The number of hydrogen-bond acceptors (Lipinski definition) is 5. The number of carbonyl (C=O) groups is 3. The molecule has 2 unspecified atom stereocenters. The number of aromatic nitrogens is 1. The molecule has 3 amide bonds. The van der Waals surface area contributed by atoms with Gasteiger partial charge in [0.15, 0.2) is 0 Å². The van der Waals surface area contributed by atoms with Gasteiger partial charge in [0.05, 0.1) is 29.4 Å². The lowest BCUT2D eigenvalue weighted by molar-refractivity contribution is -0.139. The van der Waals surface area contributed by atoms with Crippen molar-refractivity contribution in [2.75, 3.05) is 28.3 Å². The van der Waals surface area contributed by atoms with Gasteiger partial charge in [0.2, 0.25) is 11.8 Å². The van der Waals surface area contributed by atoms with Crippen LogP contribution >= 0.6 is 0 Å². The Morgan fingerprint density at radius 2 is 1.88 bits per heavy atom. The fourth-order valence-corrected chi connectivity index (χ4v) is 4.17. The summed E-state index contributed by atoms with van der Waals surface area (Å²) in [5.41, 5.74) is 4.10. The largest absolute Gasteiger partial charge is 0.357 e. The van der Waals surface area contributed by atoms with E-state index in [1.165, 1.54) is 5.01 Å². The third-order valence-corrected chi connectivity index (χ3v) is 5.99. The zero-order valence-corrected chi connectivity index (χ0v) is 18.2. The van der Waals surface area contributed by atoms with E-state index in [9.17, 15) is 14.4 Å². The lowest BCUT2D eigenvalue weighted by atomic mass is 9.80. The molecule has 1 aliphatic carbocycles. The molecule has 0 bridgehead atoms. The Labute approximate surface area is 187 Å². The highest BCUT2D eigenvalue weighted by Gasteiger charge is 2.42. The molecule has 1 aliphatic heterocycles. The molecule has 0 radical (unpaired) electrons. The van der Waals surface area contributed by atoms with E-state index in [1.807, 2.05) is 24.3 Å². The molecular weight excluding hydrogens is 406 g/mol. The maximum atomic E-state index is 13.0. The minimum absolute atomic E-state index is 0.160. The Balaban J connectivity index is 1.49. The van der Waals surface area contributed by atoms with Crippen molar-refractivity contribution < 1.29 is 14.4 Å². The van der Waals surface area contributed by atoms with E-state index in [0.29, 0.717) is 29.8 Å². The average Bonchev–Trinajstić information content (AvgIpc) is 2.83. The van der Waals surface area contributed by atoms with Gasteiger partial charge >= 0.3 is 0 Å². The standard InChI is InChI=1S/C24H27N5O3/c1-3-28(4-2)21-13-12-17(15-25-21)26-22(30)16-8-7-9-18(14-16)29-24(32)20-11-6-5-10-19(20)23(31)27-29/h5-9,12-15,19-20H,3-4,10-11H2,1-2H3,(H,26,30)(H,27,31). The minimum atomic E-state index is -0.373. The first-order valence-corrected chi connectivity index (χ1v) is 10.9. The second-order valence-corrected chi connectivity index (χ2v) is 7.89. The van der Waals surface area contributed by atoms with Crippen LogP contribution in [0.2, 0.25) is 0 Å². The predicted octanol–water partition coefficient (Wildman–Crippen LogP) is 3.14. The summed E-state index contributed by atoms with van der Waals surface area (Å²) in [5, 5.41) is 4.10. The van der Waals surface area contributed by atoms with Crippen molar-refractivity contribution in [3.05, 3.63) is 60.3 Å². The number of hydrogen-bond donors (Lipinski definition) is 2. The molecule has 8 heteroatoms. The summed E-state index contributed by atoms with van der Waals surface area (Å²) in [4.78, 5) is 44.8. The Bertz CT molecular complexity index is 1050. The molecular formula is C24H27N5O3. The molecule has 2 N–H and O–H groups in total. The summed E-state index contributed by atoms with van der Waals surface area (Å²) >= 11 is 0. The highest BCUT2D eigenvalue weighted by molar-refractivity contribution is 6.07. The Morgan fingerprint density at radius 3 is 2.56 bits per heavy atom. The number of hydrazine groups is 1. The van der Waals surface area contributed by atoms with Gasteiger partial charge in [-0.2, -0.15) is 0 Å². The number of anilines is 3. The Kier molecular flexibility index (Phi) is 6.20. The van der Waals surface area contributed by atoms with Gasteiger partial charge in [-0.05, 0) is 57.0 Å². The first-order chi connectivity index (χ1) is 15.5. The molecule has 2 aromatic rings. The van der Waals surface area contributed by atoms with Gasteiger partial charge in [0.25, 0.3) is 5.91 Å². The highest BCUT2D eigenvalue weighted by Crippen LogP contribution is 2.32. The van der Waals surface area contributed by atoms with Crippen molar-refractivity contribution in [1.82, 2.24) is 10.4 Å². The third-order valence-electron chi connectivity index (χ3n) is 5.99. The number of amides is 3. The Morgan fingerprint density at radius 1 is 1.12 bits per heavy atom. The van der Waals surface area contributed by atoms with E-state index in [2.05, 4.69) is 34.5 Å². The fraction of sp³-hybridized carbons (Fsp3) is 0.333. The second kappa shape index (κ2) is 9.21. The number of pyridine rings is 1. The number of allylic oxidation sites excluding steroid dienone is 2. The number of nitrogens with zero attached hydrogens (tertiary/aromatic N) is 3.